The van der Waals surface area contributed by atoms with Crippen molar-refractivity contribution in [2.45, 2.75) is 4.90 Å². The summed E-state index contributed by atoms with van der Waals surface area (Å²) in [6.07, 6.45) is 2.23. The van der Waals surface area contributed by atoms with Crippen LogP contribution in [0.2, 0.25) is 0 Å². The summed E-state index contributed by atoms with van der Waals surface area (Å²) >= 11 is 8.74. The van der Waals surface area contributed by atoms with Crippen LogP contribution < -0.4 is 4.74 Å². The normalized spacial score (nSPS) is 11.3. The number of aliphatic carboxylic acids is 1. The Morgan fingerprint density at radius 3 is 2.31 bits per heavy atom. The van der Waals surface area contributed by atoms with Gasteiger partial charge in [-0.15, -0.1) is 11.8 Å². The monoisotopic (exact) mass is 532 g/mol. The average molecular weight is 534 g/mol. The van der Waals surface area contributed by atoms with Gasteiger partial charge in [0.1, 0.15) is 5.75 Å². The fraction of sp³-hybridized carbons (Fsp3) is 0.0870. The van der Waals surface area contributed by atoms with Crippen LogP contribution >= 0.6 is 43.6 Å². The van der Waals surface area contributed by atoms with Gasteiger partial charge in [-0.05, 0) is 63.0 Å². The quantitative estimate of drug-likeness (QED) is 0.320. The third-order valence-electron chi connectivity index (χ3n) is 4.03. The lowest BCUT2D eigenvalue weighted by Crippen LogP contribution is -2.09. The summed E-state index contributed by atoms with van der Waals surface area (Å²) in [5, 5.41) is 8.72. The maximum absolute atomic E-state index is 10.6. The lowest BCUT2D eigenvalue weighted by Gasteiger charge is -2.10. The van der Waals surface area contributed by atoms with Gasteiger partial charge < -0.3 is 9.84 Å². The van der Waals surface area contributed by atoms with Crippen molar-refractivity contribution in [3.8, 4) is 5.75 Å². The molecule has 3 aromatic carbocycles. The van der Waals surface area contributed by atoms with E-state index in [9.17, 15) is 4.79 Å². The Labute approximate surface area is 191 Å². The number of carboxylic acid groups (broad SMARTS) is 1. The van der Waals surface area contributed by atoms with Gasteiger partial charge in [0.2, 0.25) is 0 Å². The average Bonchev–Trinajstić information content (AvgIpc) is 2.72. The second kappa shape index (κ2) is 10.7. The molecule has 0 radical (unpaired) electrons. The Hall–Kier alpha value is -2.02. The van der Waals surface area contributed by atoms with E-state index in [0.717, 1.165) is 25.2 Å². The summed E-state index contributed by atoms with van der Waals surface area (Å²) in [6.45, 7) is -0.352. The third-order valence-corrected chi connectivity index (χ3v) is 6.48. The van der Waals surface area contributed by atoms with Gasteiger partial charge in [-0.1, -0.05) is 64.5 Å². The minimum absolute atomic E-state index is 0.352. The highest BCUT2D eigenvalue weighted by atomic mass is 79.9. The van der Waals surface area contributed by atoms with E-state index in [0.29, 0.717) is 5.75 Å². The maximum atomic E-state index is 10.6. The highest BCUT2D eigenvalue weighted by molar-refractivity contribution is 9.10. The maximum Gasteiger partial charge on any atom is 0.341 e. The molecule has 6 heteroatoms. The van der Waals surface area contributed by atoms with Crippen molar-refractivity contribution in [2.24, 2.45) is 0 Å². The van der Waals surface area contributed by atoms with Crippen molar-refractivity contribution >= 4 is 55.2 Å². The van der Waals surface area contributed by atoms with Gasteiger partial charge in [-0.25, -0.2) is 4.79 Å². The van der Waals surface area contributed by atoms with Gasteiger partial charge in [-0.3, -0.25) is 0 Å². The molecule has 0 fully saturated rings. The molecule has 0 heterocycles. The van der Waals surface area contributed by atoms with Crippen molar-refractivity contribution < 1.29 is 14.6 Å². The van der Waals surface area contributed by atoms with Crippen LogP contribution in [0.4, 0.5) is 0 Å². The number of rotatable bonds is 8. The molecule has 0 unspecified atom stereocenters. The van der Waals surface area contributed by atoms with Crippen LogP contribution in [0.3, 0.4) is 0 Å². The summed E-state index contributed by atoms with van der Waals surface area (Å²) in [6, 6.07) is 24.2. The second-order valence-corrected chi connectivity index (χ2v) is 8.91. The third kappa shape index (κ3) is 6.49. The molecule has 0 atom stereocenters. The molecule has 29 heavy (non-hydrogen) atoms. The van der Waals surface area contributed by atoms with Crippen LogP contribution in [0, 0.1) is 0 Å². The molecular formula is C23H18Br2O3S. The number of hydrogen-bond donors (Lipinski definition) is 1. The predicted octanol–water partition coefficient (Wildman–Crippen LogP) is 6.90. The van der Waals surface area contributed by atoms with Crippen LogP contribution in [0.1, 0.15) is 11.1 Å². The van der Waals surface area contributed by atoms with E-state index >= 15 is 0 Å². The predicted molar refractivity (Wildman–Crippen MR) is 126 cm³/mol. The van der Waals surface area contributed by atoms with Crippen LogP contribution in [0.5, 0.6) is 5.75 Å². The van der Waals surface area contributed by atoms with E-state index in [4.69, 9.17) is 9.84 Å². The number of halogens is 2. The Kier molecular flexibility index (Phi) is 7.98. The van der Waals surface area contributed by atoms with Crippen LogP contribution in [-0.2, 0) is 4.79 Å². The van der Waals surface area contributed by atoms with Gasteiger partial charge in [0.15, 0.2) is 6.61 Å². The molecule has 0 saturated heterocycles. The zero-order chi connectivity index (χ0) is 20.6. The molecule has 0 saturated carbocycles. The number of carboxylic acids is 1. The number of carbonyl (C=O) groups is 1. The van der Waals surface area contributed by atoms with E-state index in [2.05, 4.69) is 62.2 Å². The lowest BCUT2D eigenvalue weighted by atomic mass is 9.98. The molecule has 0 bridgehead atoms. The largest absolute Gasteiger partial charge is 0.482 e. The van der Waals surface area contributed by atoms with E-state index in [1.807, 2.05) is 36.4 Å². The standard InChI is InChI=1S/C23H18Br2O3S/c24-18-8-6-17(7-9-18)20(16-4-2-1-3-5-16)12-13-29-22-11-10-19(14-21(22)25)28-15-23(26)27/h1-12,14H,13,15H2,(H,26,27). The summed E-state index contributed by atoms with van der Waals surface area (Å²) in [4.78, 5) is 11.7. The molecular weight excluding hydrogens is 516 g/mol. The Morgan fingerprint density at radius 1 is 0.966 bits per heavy atom. The first-order chi connectivity index (χ1) is 14.0. The van der Waals surface area contributed by atoms with E-state index in [-0.39, 0.29) is 6.61 Å². The van der Waals surface area contributed by atoms with Crippen molar-refractivity contribution in [3.63, 3.8) is 0 Å². The van der Waals surface area contributed by atoms with Crippen molar-refractivity contribution in [3.05, 3.63) is 98.9 Å². The zero-order valence-electron chi connectivity index (χ0n) is 15.3. The molecule has 148 valence electrons. The van der Waals surface area contributed by atoms with Gasteiger partial charge in [0.05, 0.1) is 0 Å². The summed E-state index contributed by atoms with van der Waals surface area (Å²) in [5.41, 5.74) is 3.52. The van der Waals surface area contributed by atoms with Gasteiger partial charge in [0.25, 0.3) is 0 Å². The first-order valence-electron chi connectivity index (χ1n) is 8.81. The zero-order valence-corrected chi connectivity index (χ0v) is 19.3. The molecule has 0 spiro atoms. The number of ether oxygens (including phenoxy) is 1. The molecule has 0 amide bonds. The van der Waals surface area contributed by atoms with Gasteiger partial charge >= 0.3 is 5.97 Å². The second-order valence-electron chi connectivity index (χ2n) is 6.08. The Bertz CT molecular complexity index is 1000. The van der Waals surface area contributed by atoms with Gasteiger partial charge in [-0.2, -0.15) is 0 Å². The highest BCUT2D eigenvalue weighted by Crippen LogP contribution is 2.32. The van der Waals surface area contributed by atoms with Crippen molar-refractivity contribution in [2.75, 3.05) is 12.4 Å². The van der Waals surface area contributed by atoms with Crippen LogP contribution in [-0.4, -0.2) is 23.4 Å². The summed E-state index contributed by atoms with van der Waals surface area (Å²) < 4.78 is 7.15. The van der Waals surface area contributed by atoms with E-state index in [1.165, 1.54) is 11.1 Å². The first-order valence-corrected chi connectivity index (χ1v) is 11.4. The van der Waals surface area contributed by atoms with Crippen molar-refractivity contribution in [1.82, 2.24) is 0 Å². The number of hydrogen-bond acceptors (Lipinski definition) is 3. The molecule has 0 aliphatic carbocycles. The van der Waals surface area contributed by atoms with Gasteiger partial charge in [0, 0.05) is 19.6 Å². The smallest absolute Gasteiger partial charge is 0.341 e. The molecule has 3 nitrogen and oxygen atoms in total. The molecule has 0 aliphatic rings. The lowest BCUT2D eigenvalue weighted by molar-refractivity contribution is -0.139. The highest BCUT2D eigenvalue weighted by Gasteiger charge is 2.07. The van der Waals surface area contributed by atoms with Crippen LogP contribution in [0.15, 0.2) is 92.7 Å². The molecule has 3 aromatic rings. The summed E-state index contributed by atoms with van der Waals surface area (Å²) in [5.74, 6) is 0.318. The van der Waals surface area contributed by atoms with Crippen LogP contribution in [0.25, 0.3) is 5.57 Å². The first kappa shape index (κ1) is 21.7. The minimum atomic E-state index is -0.994. The Balaban J connectivity index is 1.76. The SMILES string of the molecule is O=C(O)COc1ccc(SCC=C(c2ccccc2)c2ccc(Br)cc2)c(Br)c1. The molecule has 1 N–H and O–H groups in total. The molecule has 0 aromatic heterocycles. The molecule has 0 aliphatic heterocycles. The minimum Gasteiger partial charge on any atom is -0.482 e. The number of benzene rings is 3. The Morgan fingerprint density at radius 2 is 1.66 bits per heavy atom. The van der Waals surface area contributed by atoms with Crippen molar-refractivity contribution in [1.29, 1.82) is 0 Å². The topological polar surface area (TPSA) is 46.5 Å². The number of thioether (sulfide) groups is 1. The molecule has 3 rings (SSSR count). The summed E-state index contributed by atoms with van der Waals surface area (Å²) in [7, 11) is 0. The van der Waals surface area contributed by atoms with E-state index in [1.54, 1.807) is 23.9 Å². The fourth-order valence-corrected chi connectivity index (χ4v) is 4.45. The van der Waals surface area contributed by atoms with E-state index < -0.39 is 5.97 Å². The fourth-order valence-electron chi connectivity index (χ4n) is 2.70.